The van der Waals surface area contributed by atoms with Gasteiger partial charge in [0.15, 0.2) is 0 Å². The summed E-state index contributed by atoms with van der Waals surface area (Å²) in [6.45, 7) is 2.16. The molecule has 0 amide bonds. The van der Waals surface area contributed by atoms with Gasteiger partial charge in [0.2, 0.25) is 0 Å². The van der Waals surface area contributed by atoms with Crippen LogP contribution in [0.2, 0.25) is 0 Å². The van der Waals surface area contributed by atoms with E-state index in [1.807, 2.05) is 0 Å². The van der Waals surface area contributed by atoms with E-state index in [0.29, 0.717) is 6.04 Å². The van der Waals surface area contributed by atoms with Crippen LogP contribution in [0.15, 0.2) is 12.2 Å². The SMILES string of the molecule is OC1CCN(C2C=CCCC2)CC1. The Morgan fingerprint density at radius 1 is 1.15 bits per heavy atom. The maximum Gasteiger partial charge on any atom is 0.0564 e. The molecule has 0 bridgehead atoms. The van der Waals surface area contributed by atoms with Crippen LogP contribution in [0.4, 0.5) is 0 Å². The summed E-state index contributed by atoms with van der Waals surface area (Å²) in [4.78, 5) is 2.52. The third-order valence-electron chi connectivity index (χ3n) is 3.20. The molecule has 1 aliphatic heterocycles. The van der Waals surface area contributed by atoms with Gasteiger partial charge in [-0.2, -0.15) is 0 Å². The van der Waals surface area contributed by atoms with Gasteiger partial charge >= 0.3 is 0 Å². The smallest absolute Gasteiger partial charge is 0.0564 e. The van der Waals surface area contributed by atoms with E-state index in [4.69, 9.17) is 0 Å². The number of aliphatic hydroxyl groups is 1. The number of hydrogen-bond donors (Lipinski definition) is 1. The van der Waals surface area contributed by atoms with Crippen LogP contribution in [0.1, 0.15) is 32.1 Å². The first-order chi connectivity index (χ1) is 6.36. The molecule has 1 N–H and O–H groups in total. The minimum absolute atomic E-state index is 0.0381. The lowest BCUT2D eigenvalue weighted by Crippen LogP contribution is -2.42. The van der Waals surface area contributed by atoms with Crippen molar-refractivity contribution in [3.63, 3.8) is 0 Å². The highest BCUT2D eigenvalue weighted by Gasteiger charge is 2.22. The van der Waals surface area contributed by atoms with Gasteiger partial charge in [-0.05, 0) is 32.1 Å². The van der Waals surface area contributed by atoms with Crippen molar-refractivity contribution in [1.82, 2.24) is 4.90 Å². The number of hydrogen-bond acceptors (Lipinski definition) is 2. The molecule has 0 aromatic carbocycles. The predicted molar refractivity (Wildman–Crippen MR) is 53.6 cm³/mol. The van der Waals surface area contributed by atoms with Crippen molar-refractivity contribution in [2.75, 3.05) is 13.1 Å². The van der Waals surface area contributed by atoms with Crippen LogP contribution < -0.4 is 0 Å². The molecular formula is C11H19NO. The summed E-state index contributed by atoms with van der Waals surface area (Å²) in [5.41, 5.74) is 0. The van der Waals surface area contributed by atoms with Crippen molar-refractivity contribution < 1.29 is 5.11 Å². The number of allylic oxidation sites excluding steroid dienone is 1. The second-order valence-electron chi connectivity index (χ2n) is 4.19. The van der Waals surface area contributed by atoms with Gasteiger partial charge < -0.3 is 5.11 Å². The molecule has 1 aliphatic carbocycles. The highest BCUT2D eigenvalue weighted by molar-refractivity contribution is 4.99. The molecule has 0 radical (unpaired) electrons. The predicted octanol–water partition coefficient (Wildman–Crippen LogP) is 1.55. The number of nitrogens with zero attached hydrogens (tertiary/aromatic N) is 1. The molecular weight excluding hydrogens is 162 g/mol. The molecule has 13 heavy (non-hydrogen) atoms. The van der Waals surface area contributed by atoms with E-state index in [0.717, 1.165) is 25.9 Å². The molecule has 2 heteroatoms. The van der Waals surface area contributed by atoms with Crippen molar-refractivity contribution in [1.29, 1.82) is 0 Å². The topological polar surface area (TPSA) is 23.5 Å². The Bertz CT molecular complexity index is 183. The molecule has 2 rings (SSSR count). The molecule has 2 nitrogen and oxygen atoms in total. The lowest BCUT2D eigenvalue weighted by molar-refractivity contribution is 0.0675. The maximum absolute atomic E-state index is 9.38. The van der Waals surface area contributed by atoms with Gasteiger partial charge in [-0.1, -0.05) is 12.2 Å². The first-order valence-electron chi connectivity index (χ1n) is 5.45. The second-order valence-corrected chi connectivity index (χ2v) is 4.19. The Hall–Kier alpha value is -0.340. The Morgan fingerprint density at radius 3 is 2.54 bits per heavy atom. The van der Waals surface area contributed by atoms with Crippen LogP contribution in [0, 0.1) is 0 Å². The quantitative estimate of drug-likeness (QED) is 0.620. The lowest BCUT2D eigenvalue weighted by Gasteiger charge is -2.35. The van der Waals surface area contributed by atoms with Crippen molar-refractivity contribution in [3.05, 3.63) is 12.2 Å². The number of aliphatic hydroxyl groups excluding tert-OH is 1. The molecule has 2 aliphatic rings. The van der Waals surface area contributed by atoms with E-state index in [2.05, 4.69) is 17.1 Å². The molecule has 0 spiro atoms. The number of rotatable bonds is 1. The van der Waals surface area contributed by atoms with E-state index in [1.54, 1.807) is 0 Å². The Morgan fingerprint density at radius 2 is 1.92 bits per heavy atom. The largest absolute Gasteiger partial charge is 0.393 e. The Balaban J connectivity index is 1.86. The zero-order chi connectivity index (χ0) is 9.10. The minimum Gasteiger partial charge on any atom is -0.393 e. The molecule has 1 unspecified atom stereocenters. The van der Waals surface area contributed by atoms with Gasteiger partial charge in [-0.25, -0.2) is 0 Å². The van der Waals surface area contributed by atoms with Gasteiger partial charge in [0, 0.05) is 19.1 Å². The standard InChI is InChI=1S/C11H19NO/c13-11-6-8-12(9-7-11)10-4-2-1-3-5-10/h2,4,10-11,13H,1,3,5-9H2. The summed E-state index contributed by atoms with van der Waals surface area (Å²) in [5.74, 6) is 0. The Labute approximate surface area is 80.2 Å². The summed E-state index contributed by atoms with van der Waals surface area (Å²) < 4.78 is 0. The lowest BCUT2D eigenvalue weighted by atomic mass is 9.98. The molecule has 0 saturated carbocycles. The first-order valence-corrected chi connectivity index (χ1v) is 5.45. The van der Waals surface area contributed by atoms with Gasteiger partial charge in [0.25, 0.3) is 0 Å². The van der Waals surface area contributed by atoms with Gasteiger partial charge in [-0.3, -0.25) is 4.90 Å². The van der Waals surface area contributed by atoms with E-state index >= 15 is 0 Å². The normalized spacial score (nSPS) is 32.2. The fourth-order valence-electron chi connectivity index (χ4n) is 2.32. The molecule has 1 fully saturated rings. The van der Waals surface area contributed by atoms with Crippen molar-refractivity contribution in [2.24, 2.45) is 0 Å². The summed E-state index contributed by atoms with van der Waals surface area (Å²) in [5, 5.41) is 9.38. The van der Waals surface area contributed by atoms with Crippen molar-refractivity contribution in [3.8, 4) is 0 Å². The van der Waals surface area contributed by atoms with Gasteiger partial charge in [-0.15, -0.1) is 0 Å². The first kappa shape index (κ1) is 9.22. The summed E-state index contributed by atoms with van der Waals surface area (Å²) in [6.07, 6.45) is 10.4. The average molecular weight is 181 g/mol. The third-order valence-corrected chi connectivity index (χ3v) is 3.20. The van der Waals surface area contributed by atoms with Crippen LogP contribution >= 0.6 is 0 Å². The molecule has 74 valence electrons. The second kappa shape index (κ2) is 4.25. The van der Waals surface area contributed by atoms with Crippen molar-refractivity contribution in [2.45, 2.75) is 44.2 Å². The van der Waals surface area contributed by atoms with Crippen LogP contribution in [-0.2, 0) is 0 Å². The maximum atomic E-state index is 9.38. The number of likely N-dealkylation sites (tertiary alicyclic amines) is 1. The molecule has 0 aromatic heterocycles. The summed E-state index contributed by atoms with van der Waals surface area (Å²) in [6, 6.07) is 0.668. The van der Waals surface area contributed by atoms with Crippen LogP contribution in [0.5, 0.6) is 0 Å². The van der Waals surface area contributed by atoms with Gasteiger partial charge in [0.1, 0.15) is 0 Å². The molecule has 0 aromatic rings. The third kappa shape index (κ3) is 2.32. The summed E-state index contributed by atoms with van der Waals surface area (Å²) in [7, 11) is 0. The highest BCUT2D eigenvalue weighted by Crippen LogP contribution is 2.20. The highest BCUT2D eigenvalue weighted by atomic mass is 16.3. The fourth-order valence-corrected chi connectivity index (χ4v) is 2.32. The molecule has 1 heterocycles. The van der Waals surface area contributed by atoms with Crippen LogP contribution in [-0.4, -0.2) is 35.2 Å². The molecule has 1 saturated heterocycles. The van der Waals surface area contributed by atoms with Gasteiger partial charge in [0.05, 0.1) is 6.10 Å². The van der Waals surface area contributed by atoms with E-state index in [-0.39, 0.29) is 6.10 Å². The monoisotopic (exact) mass is 181 g/mol. The van der Waals surface area contributed by atoms with Crippen LogP contribution in [0.3, 0.4) is 0 Å². The zero-order valence-corrected chi connectivity index (χ0v) is 8.15. The van der Waals surface area contributed by atoms with E-state index in [9.17, 15) is 5.11 Å². The Kier molecular flexibility index (Phi) is 3.01. The summed E-state index contributed by atoms with van der Waals surface area (Å²) >= 11 is 0. The fraction of sp³-hybridized carbons (Fsp3) is 0.818. The zero-order valence-electron chi connectivity index (χ0n) is 8.15. The minimum atomic E-state index is -0.0381. The molecule has 1 atom stereocenters. The van der Waals surface area contributed by atoms with Crippen LogP contribution in [0.25, 0.3) is 0 Å². The average Bonchev–Trinajstić information content (AvgIpc) is 2.20. The van der Waals surface area contributed by atoms with E-state index < -0.39 is 0 Å². The van der Waals surface area contributed by atoms with Crippen molar-refractivity contribution >= 4 is 0 Å². The number of piperidine rings is 1. The van der Waals surface area contributed by atoms with E-state index in [1.165, 1.54) is 19.3 Å².